The number of carbonyl (C=O) groups excluding carboxylic acids is 1. The molecule has 0 bridgehead atoms. The first-order chi connectivity index (χ1) is 16.5. The van der Waals surface area contributed by atoms with E-state index in [1.165, 1.54) is 34.6 Å². The Kier molecular flexibility index (Phi) is 7.55. The Morgan fingerprint density at radius 3 is 2.12 bits per heavy atom. The van der Waals surface area contributed by atoms with Gasteiger partial charge in [-0.1, -0.05) is 77.6 Å². The second-order valence-electron chi connectivity index (χ2n) is 9.13. The van der Waals surface area contributed by atoms with E-state index in [2.05, 4.69) is 60.4 Å². The second kappa shape index (κ2) is 10.8. The van der Waals surface area contributed by atoms with E-state index in [1.54, 1.807) is 0 Å². The van der Waals surface area contributed by atoms with Crippen molar-refractivity contribution in [2.24, 2.45) is 0 Å². The molecule has 3 aromatic rings. The van der Waals surface area contributed by atoms with Crippen LogP contribution in [0.15, 0.2) is 84.9 Å². The molecule has 0 radical (unpaired) electrons. The van der Waals surface area contributed by atoms with E-state index in [4.69, 9.17) is 4.74 Å². The van der Waals surface area contributed by atoms with Crippen LogP contribution in [0.2, 0.25) is 12.6 Å². The molecule has 1 heterocycles. The van der Waals surface area contributed by atoms with Crippen molar-refractivity contribution in [1.82, 2.24) is 5.32 Å². The van der Waals surface area contributed by atoms with E-state index in [9.17, 15) is 14.9 Å². The number of non-ortho nitro benzene ring substituents is 1. The molecular weight excluding hydrogens is 444 g/mol. The Balaban J connectivity index is 1.62. The minimum Gasteiger partial charge on any atom is -0.459 e. The lowest BCUT2D eigenvalue weighted by Crippen LogP contribution is -2.57. The van der Waals surface area contributed by atoms with Crippen LogP contribution in [0.5, 0.6) is 0 Å². The normalized spacial score (nSPS) is 16.7. The molecule has 0 unspecified atom stereocenters. The van der Waals surface area contributed by atoms with Crippen LogP contribution < -0.4 is 15.7 Å². The summed E-state index contributed by atoms with van der Waals surface area (Å²) in [7, 11) is -2.22. The van der Waals surface area contributed by atoms with Crippen LogP contribution in [0, 0.1) is 10.1 Å². The third kappa shape index (κ3) is 5.60. The molecule has 0 amide bonds. The number of rotatable bonds is 9. The number of ether oxygens (including phenoxy) is 1. The Hall–Kier alpha value is -3.29. The summed E-state index contributed by atoms with van der Waals surface area (Å²) in [5.41, 5.74) is 0.286. The van der Waals surface area contributed by atoms with Crippen molar-refractivity contribution in [3.05, 3.63) is 101 Å². The van der Waals surface area contributed by atoms with Crippen molar-refractivity contribution in [1.29, 1.82) is 0 Å². The third-order valence-corrected chi connectivity index (χ3v) is 11.2. The fraction of sp³-hybridized carbons (Fsp3) is 0.296. The van der Waals surface area contributed by atoms with Gasteiger partial charge in [0, 0.05) is 18.2 Å². The molecule has 4 rings (SSSR count). The highest BCUT2D eigenvalue weighted by molar-refractivity contribution is 7.01. The van der Waals surface area contributed by atoms with Crippen molar-refractivity contribution < 1.29 is 14.5 Å². The molecule has 176 valence electrons. The van der Waals surface area contributed by atoms with Crippen LogP contribution in [0.3, 0.4) is 0 Å². The third-order valence-electron chi connectivity index (χ3n) is 6.76. The molecule has 0 aliphatic carbocycles. The van der Waals surface area contributed by atoms with Gasteiger partial charge in [0.25, 0.3) is 5.69 Å². The molecule has 6 nitrogen and oxygen atoms in total. The Morgan fingerprint density at radius 1 is 1.03 bits per heavy atom. The zero-order valence-electron chi connectivity index (χ0n) is 19.4. The van der Waals surface area contributed by atoms with E-state index in [1.807, 2.05) is 12.1 Å². The summed E-state index contributed by atoms with van der Waals surface area (Å²) in [6.45, 7) is 3.33. The average molecular weight is 475 g/mol. The van der Waals surface area contributed by atoms with Gasteiger partial charge in [0.15, 0.2) is 0 Å². The molecule has 2 atom stereocenters. The standard InChI is InChI=1S/C27H30N2O4Si/c1-34(25-10-4-2-5-11-25,26-12-6-3-7-13-26)20-24(19-22-9-8-18-28-22)33-27(30)21-14-16-23(17-15-21)29(31)32/h2-7,10-17,22,24,28H,8-9,18-20H2,1H3/t22-,24-/m0/s1. The Bertz CT molecular complexity index is 1060. The molecule has 3 aromatic carbocycles. The first kappa shape index (κ1) is 23.9. The summed E-state index contributed by atoms with van der Waals surface area (Å²) < 4.78 is 6.12. The molecule has 0 spiro atoms. The molecule has 34 heavy (non-hydrogen) atoms. The van der Waals surface area contributed by atoms with E-state index in [0.717, 1.165) is 31.9 Å². The van der Waals surface area contributed by atoms with E-state index in [-0.39, 0.29) is 11.8 Å². The maximum absolute atomic E-state index is 13.1. The number of nitrogens with zero attached hydrogens (tertiary/aromatic N) is 1. The molecule has 1 aliphatic heterocycles. The number of benzene rings is 3. The zero-order valence-corrected chi connectivity index (χ0v) is 20.4. The molecule has 1 aliphatic rings. The second-order valence-corrected chi connectivity index (χ2v) is 13.4. The molecule has 1 fully saturated rings. The monoisotopic (exact) mass is 474 g/mol. The predicted molar refractivity (Wildman–Crippen MR) is 137 cm³/mol. The van der Waals surface area contributed by atoms with Crippen molar-refractivity contribution in [3.8, 4) is 0 Å². The van der Waals surface area contributed by atoms with Gasteiger partial charge in [-0.15, -0.1) is 0 Å². The zero-order chi connectivity index (χ0) is 24.0. The number of nitro groups is 1. The fourth-order valence-corrected chi connectivity index (χ4v) is 8.68. The fourth-order valence-electron chi connectivity index (χ4n) is 4.86. The molecule has 0 aromatic heterocycles. The summed E-state index contributed by atoms with van der Waals surface area (Å²) in [6, 6.07) is 27.8. The van der Waals surface area contributed by atoms with Crippen LogP contribution in [0.4, 0.5) is 5.69 Å². The first-order valence-electron chi connectivity index (χ1n) is 11.8. The highest BCUT2D eigenvalue weighted by Crippen LogP contribution is 2.24. The highest BCUT2D eigenvalue weighted by atomic mass is 28.3. The van der Waals surface area contributed by atoms with Crippen LogP contribution in [0.25, 0.3) is 0 Å². The maximum Gasteiger partial charge on any atom is 0.338 e. The van der Waals surface area contributed by atoms with E-state index < -0.39 is 19.0 Å². The van der Waals surface area contributed by atoms with Gasteiger partial charge < -0.3 is 10.1 Å². The molecule has 7 heteroatoms. The van der Waals surface area contributed by atoms with Crippen LogP contribution in [0.1, 0.15) is 29.6 Å². The van der Waals surface area contributed by atoms with Crippen LogP contribution >= 0.6 is 0 Å². The van der Waals surface area contributed by atoms with Gasteiger partial charge in [0.2, 0.25) is 0 Å². The molecule has 1 saturated heterocycles. The number of hydrogen-bond donors (Lipinski definition) is 1. The number of nitrogens with one attached hydrogen (secondary N) is 1. The molecule has 1 N–H and O–H groups in total. The van der Waals surface area contributed by atoms with E-state index in [0.29, 0.717) is 11.6 Å². The van der Waals surface area contributed by atoms with Crippen molar-refractivity contribution >= 4 is 30.1 Å². The topological polar surface area (TPSA) is 81.5 Å². The summed E-state index contributed by atoms with van der Waals surface area (Å²) >= 11 is 0. The largest absolute Gasteiger partial charge is 0.459 e. The maximum atomic E-state index is 13.1. The van der Waals surface area contributed by atoms with Gasteiger partial charge in [-0.25, -0.2) is 4.79 Å². The minimum atomic E-state index is -2.22. The van der Waals surface area contributed by atoms with Gasteiger partial charge in [0.05, 0.1) is 10.5 Å². The lowest BCUT2D eigenvalue weighted by atomic mass is 10.1. The van der Waals surface area contributed by atoms with Crippen molar-refractivity contribution in [3.63, 3.8) is 0 Å². The Labute approximate surface area is 201 Å². The van der Waals surface area contributed by atoms with E-state index >= 15 is 0 Å². The Morgan fingerprint density at radius 2 is 1.62 bits per heavy atom. The number of esters is 1. The van der Waals surface area contributed by atoms with Gasteiger partial charge in [-0.05, 0) is 44.0 Å². The smallest absolute Gasteiger partial charge is 0.338 e. The van der Waals surface area contributed by atoms with Crippen LogP contribution in [-0.2, 0) is 4.74 Å². The highest BCUT2D eigenvalue weighted by Gasteiger charge is 2.37. The molecule has 0 saturated carbocycles. The summed E-state index contributed by atoms with van der Waals surface area (Å²) in [5, 5.41) is 17.1. The average Bonchev–Trinajstić information content (AvgIpc) is 3.38. The summed E-state index contributed by atoms with van der Waals surface area (Å²) in [6.07, 6.45) is 2.68. The van der Waals surface area contributed by atoms with Crippen molar-refractivity contribution in [2.75, 3.05) is 6.54 Å². The van der Waals surface area contributed by atoms with Gasteiger partial charge in [-0.2, -0.15) is 0 Å². The summed E-state index contributed by atoms with van der Waals surface area (Å²) in [5.74, 6) is -0.435. The van der Waals surface area contributed by atoms with Gasteiger partial charge in [0.1, 0.15) is 14.2 Å². The first-order valence-corrected chi connectivity index (χ1v) is 14.5. The van der Waals surface area contributed by atoms with Crippen LogP contribution in [-0.4, -0.2) is 37.7 Å². The summed E-state index contributed by atoms with van der Waals surface area (Å²) in [4.78, 5) is 23.6. The molecular formula is C27H30N2O4Si. The van der Waals surface area contributed by atoms with Crippen molar-refractivity contribution in [2.45, 2.75) is 44.0 Å². The minimum absolute atomic E-state index is 0.0450. The predicted octanol–water partition coefficient (Wildman–Crippen LogP) is 4.16. The van der Waals surface area contributed by atoms with Gasteiger partial charge in [-0.3, -0.25) is 10.1 Å². The lowest BCUT2D eigenvalue weighted by Gasteiger charge is -2.33. The lowest BCUT2D eigenvalue weighted by molar-refractivity contribution is -0.384. The number of nitro benzene ring substituents is 1. The quantitative estimate of drug-likeness (QED) is 0.218. The number of carbonyl (C=O) groups is 1. The number of hydrogen-bond acceptors (Lipinski definition) is 5. The SMILES string of the molecule is C[Si](C[C@H](C[C@@H]1CCCN1)OC(=O)c1ccc([N+](=O)[O-])cc1)(c1ccccc1)c1ccccc1. The van der Waals surface area contributed by atoms with Gasteiger partial charge >= 0.3 is 5.97 Å².